The molecule has 3 nitrogen and oxygen atoms in total. The summed E-state index contributed by atoms with van der Waals surface area (Å²) in [7, 11) is 0. The van der Waals surface area contributed by atoms with Crippen molar-refractivity contribution in [2.45, 2.75) is 64.5 Å². The highest BCUT2D eigenvalue weighted by Gasteiger charge is 2.27. The van der Waals surface area contributed by atoms with E-state index in [1.54, 1.807) is 0 Å². The van der Waals surface area contributed by atoms with Crippen molar-refractivity contribution in [3.05, 3.63) is 0 Å². The molecule has 0 radical (unpaired) electrons. The summed E-state index contributed by atoms with van der Waals surface area (Å²) in [5.41, 5.74) is -0.409. The summed E-state index contributed by atoms with van der Waals surface area (Å²) < 4.78 is 0. The molecule has 0 saturated carbocycles. The smallest absolute Gasteiger partial charge is 0.116 e. The first-order valence-corrected chi connectivity index (χ1v) is 6.97. The molecule has 1 aliphatic heterocycles. The van der Waals surface area contributed by atoms with Gasteiger partial charge in [-0.25, -0.2) is 0 Å². The van der Waals surface area contributed by atoms with E-state index in [4.69, 9.17) is 0 Å². The van der Waals surface area contributed by atoms with Crippen LogP contribution in [0.25, 0.3) is 0 Å². The topological polar surface area (TPSA) is 39.1 Å². The van der Waals surface area contributed by atoms with Crippen molar-refractivity contribution in [1.29, 1.82) is 5.26 Å². The Balaban J connectivity index is 2.50. The fraction of sp³-hybridized carbons (Fsp3) is 0.929. The maximum Gasteiger partial charge on any atom is 0.116 e. The molecule has 3 heteroatoms. The number of nitrogens with one attached hydrogen (secondary N) is 1. The Kier molecular flexibility index (Phi) is 5.94. The predicted molar refractivity (Wildman–Crippen MR) is 71.8 cm³/mol. The van der Waals surface area contributed by atoms with E-state index >= 15 is 0 Å². The zero-order valence-electron chi connectivity index (χ0n) is 11.6. The van der Waals surface area contributed by atoms with E-state index in [2.05, 4.69) is 30.1 Å². The summed E-state index contributed by atoms with van der Waals surface area (Å²) in [6.45, 7) is 9.37. The molecule has 1 unspecified atom stereocenters. The summed E-state index contributed by atoms with van der Waals surface area (Å²) in [5.74, 6) is 0. The van der Waals surface area contributed by atoms with Gasteiger partial charge in [-0.05, 0) is 46.7 Å². The minimum absolute atomic E-state index is 0.356. The van der Waals surface area contributed by atoms with Crippen LogP contribution in [0.1, 0.15) is 52.9 Å². The molecule has 0 aromatic carbocycles. The number of nitrogens with zero attached hydrogens (tertiary/aromatic N) is 2. The van der Waals surface area contributed by atoms with Gasteiger partial charge < -0.3 is 4.90 Å². The fourth-order valence-corrected chi connectivity index (χ4v) is 2.67. The Morgan fingerprint density at radius 2 is 1.71 bits per heavy atom. The van der Waals surface area contributed by atoms with Gasteiger partial charge in [-0.15, -0.1) is 0 Å². The van der Waals surface area contributed by atoms with Crippen LogP contribution in [0.15, 0.2) is 0 Å². The minimum atomic E-state index is -0.409. The lowest BCUT2D eigenvalue weighted by Crippen LogP contribution is -2.53. The van der Waals surface area contributed by atoms with Crippen LogP contribution in [-0.4, -0.2) is 36.1 Å². The molecule has 0 aliphatic carbocycles. The molecule has 98 valence electrons. The van der Waals surface area contributed by atoms with Gasteiger partial charge in [0.15, 0.2) is 0 Å². The van der Waals surface area contributed by atoms with Crippen LogP contribution in [0.2, 0.25) is 0 Å². The second kappa shape index (κ2) is 6.98. The van der Waals surface area contributed by atoms with Crippen molar-refractivity contribution >= 4 is 0 Å². The molecule has 1 N–H and O–H groups in total. The Morgan fingerprint density at radius 1 is 1.18 bits per heavy atom. The van der Waals surface area contributed by atoms with E-state index in [0.717, 1.165) is 19.6 Å². The Morgan fingerprint density at radius 3 is 2.18 bits per heavy atom. The third-order valence-electron chi connectivity index (χ3n) is 3.34. The molecule has 1 fully saturated rings. The Bertz CT molecular complexity index is 249. The van der Waals surface area contributed by atoms with Gasteiger partial charge in [-0.3, -0.25) is 5.32 Å². The van der Waals surface area contributed by atoms with E-state index in [9.17, 15) is 5.26 Å². The van der Waals surface area contributed by atoms with Gasteiger partial charge in [-0.1, -0.05) is 19.3 Å². The molecular weight excluding hydrogens is 210 g/mol. The predicted octanol–water partition coefficient (Wildman–Crippen LogP) is 2.53. The van der Waals surface area contributed by atoms with Crippen LogP contribution < -0.4 is 5.32 Å². The molecule has 1 saturated heterocycles. The van der Waals surface area contributed by atoms with Crippen molar-refractivity contribution in [1.82, 2.24) is 10.2 Å². The highest BCUT2D eigenvalue weighted by atomic mass is 15.2. The van der Waals surface area contributed by atoms with Gasteiger partial charge in [-0.2, -0.15) is 5.26 Å². The highest BCUT2D eigenvalue weighted by Crippen LogP contribution is 2.14. The van der Waals surface area contributed by atoms with Crippen molar-refractivity contribution in [2.24, 2.45) is 0 Å². The van der Waals surface area contributed by atoms with Gasteiger partial charge in [0.2, 0.25) is 0 Å². The first kappa shape index (κ1) is 14.5. The van der Waals surface area contributed by atoms with E-state index < -0.39 is 5.54 Å². The maximum absolute atomic E-state index is 9.35. The van der Waals surface area contributed by atoms with E-state index in [-0.39, 0.29) is 0 Å². The van der Waals surface area contributed by atoms with Crippen molar-refractivity contribution in [3.63, 3.8) is 0 Å². The van der Waals surface area contributed by atoms with Gasteiger partial charge in [0.05, 0.1) is 6.07 Å². The maximum atomic E-state index is 9.35. The average Bonchev–Trinajstić information content (AvgIpc) is 2.21. The van der Waals surface area contributed by atoms with Crippen molar-refractivity contribution < 1.29 is 0 Å². The summed E-state index contributed by atoms with van der Waals surface area (Å²) in [6, 6.07) is 2.80. The molecule has 17 heavy (non-hydrogen) atoms. The molecule has 0 amide bonds. The van der Waals surface area contributed by atoms with E-state index in [1.807, 2.05) is 6.92 Å². The minimum Gasteiger partial charge on any atom is -0.300 e. The van der Waals surface area contributed by atoms with Crippen LogP contribution in [0, 0.1) is 11.3 Å². The second-order valence-electron chi connectivity index (χ2n) is 5.79. The number of likely N-dealkylation sites (tertiary alicyclic amines) is 1. The second-order valence-corrected chi connectivity index (χ2v) is 5.79. The van der Waals surface area contributed by atoms with Crippen LogP contribution in [-0.2, 0) is 0 Å². The third kappa shape index (κ3) is 5.52. The number of hydrogen-bond acceptors (Lipinski definition) is 3. The zero-order chi connectivity index (χ0) is 12.7. The normalized spacial score (nSPS) is 22.5. The summed E-state index contributed by atoms with van der Waals surface area (Å²) in [6.07, 6.45) is 6.63. The van der Waals surface area contributed by atoms with Gasteiger partial charge >= 0.3 is 0 Å². The fourth-order valence-electron chi connectivity index (χ4n) is 2.67. The van der Waals surface area contributed by atoms with Crippen LogP contribution in [0.5, 0.6) is 0 Å². The summed E-state index contributed by atoms with van der Waals surface area (Å²) >= 11 is 0. The molecule has 1 rings (SSSR count). The Labute approximate surface area is 106 Å². The molecule has 0 aromatic heterocycles. The lowest BCUT2D eigenvalue weighted by atomic mass is 10.0. The lowest BCUT2D eigenvalue weighted by molar-refractivity contribution is 0.197. The largest absolute Gasteiger partial charge is 0.300 e. The Hall–Kier alpha value is -0.590. The van der Waals surface area contributed by atoms with E-state index in [0.29, 0.717) is 6.04 Å². The molecule has 0 aromatic rings. The third-order valence-corrected chi connectivity index (χ3v) is 3.34. The first-order chi connectivity index (χ1) is 8.06. The summed E-state index contributed by atoms with van der Waals surface area (Å²) in [5, 5.41) is 12.7. The number of rotatable bonds is 4. The van der Waals surface area contributed by atoms with Crippen LogP contribution in [0.4, 0.5) is 0 Å². The molecular formula is C14H27N3. The monoisotopic (exact) mass is 237 g/mol. The van der Waals surface area contributed by atoms with Gasteiger partial charge in [0.25, 0.3) is 0 Å². The SMILES string of the molecule is CC(C)NC(C)(C#N)CN1CCCCCCC1. The number of nitriles is 1. The molecule has 0 bridgehead atoms. The average molecular weight is 237 g/mol. The molecule has 1 aliphatic rings. The lowest BCUT2D eigenvalue weighted by Gasteiger charge is -2.33. The van der Waals surface area contributed by atoms with E-state index in [1.165, 1.54) is 32.1 Å². The molecule has 1 atom stereocenters. The van der Waals surface area contributed by atoms with Crippen molar-refractivity contribution in [2.75, 3.05) is 19.6 Å². The summed E-state index contributed by atoms with van der Waals surface area (Å²) in [4.78, 5) is 2.46. The van der Waals surface area contributed by atoms with Gasteiger partial charge in [0, 0.05) is 12.6 Å². The standard InChI is InChI=1S/C14H27N3/c1-13(2)16-14(3,11-15)12-17-9-7-5-4-6-8-10-17/h13,16H,4-10,12H2,1-3H3. The quantitative estimate of drug-likeness (QED) is 0.816. The number of hydrogen-bond donors (Lipinski definition) is 1. The highest BCUT2D eigenvalue weighted by molar-refractivity contribution is 5.06. The molecule has 0 spiro atoms. The van der Waals surface area contributed by atoms with Crippen molar-refractivity contribution in [3.8, 4) is 6.07 Å². The molecule has 1 heterocycles. The van der Waals surface area contributed by atoms with Gasteiger partial charge in [0.1, 0.15) is 5.54 Å². The van der Waals surface area contributed by atoms with Crippen LogP contribution >= 0.6 is 0 Å². The zero-order valence-corrected chi connectivity index (χ0v) is 11.6. The van der Waals surface area contributed by atoms with Crippen LogP contribution in [0.3, 0.4) is 0 Å². The first-order valence-electron chi connectivity index (χ1n) is 6.97.